The molecule has 0 radical (unpaired) electrons. The normalized spacial score (nSPS) is 8.43. The van der Waals surface area contributed by atoms with Crippen molar-refractivity contribution < 1.29 is 0 Å². The lowest BCUT2D eigenvalue weighted by Crippen LogP contribution is -1.96. The minimum atomic E-state index is 1.01. The molecule has 0 bridgehead atoms. The lowest BCUT2D eigenvalue weighted by Gasteiger charge is -2.10. The highest BCUT2D eigenvalue weighted by atomic mass is 14.1. The molecule has 0 heteroatoms. The van der Waals surface area contributed by atoms with E-state index in [2.05, 4.69) is 47.8 Å². The van der Waals surface area contributed by atoms with Gasteiger partial charge in [-0.2, -0.15) is 0 Å². The van der Waals surface area contributed by atoms with Gasteiger partial charge in [-0.3, -0.25) is 0 Å². The van der Waals surface area contributed by atoms with Crippen LogP contribution in [0.1, 0.15) is 73.1 Å². The van der Waals surface area contributed by atoms with Crippen LogP contribution < -0.4 is 0 Å². The Morgan fingerprint density at radius 2 is 1.07 bits per heavy atom. The highest BCUT2D eigenvalue weighted by Crippen LogP contribution is 2.16. The molecule has 0 saturated heterocycles. The predicted octanol–water partition coefficient (Wildman–Crippen LogP) is 5.83. The Bertz CT molecular complexity index is 60.4. The van der Waals surface area contributed by atoms with Crippen molar-refractivity contribution in [1.82, 2.24) is 0 Å². The van der Waals surface area contributed by atoms with Crippen molar-refractivity contribution >= 4 is 0 Å². The van der Waals surface area contributed by atoms with Gasteiger partial charge in [0.05, 0.1) is 0 Å². The standard InChI is InChI=1S/C9H20.C3H8.C2H4/c1-4-7-9(6-3)8-5-2;1-3-2;1-2/h9H,4-8H2,1-3H3;3H2,1-2H3;1-2H2. The van der Waals surface area contributed by atoms with E-state index < -0.39 is 0 Å². The number of rotatable bonds is 5. The first kappa shape index (κ1) is 19.3. The second-order valence-corrected chi connectivity index (χ2v) is 3.56. The zero-order valence-electron chi connectivity index (χ0n) is 11.2. The SMILES string of the molecule is C=C.CCC.CCCC(CC)CCC. The third kappa shape index (κ3) is 22.6. The molecule has 0 saturated carbocycles. The Morgan fingerprint density at radius 1 is 0.786 bits per heavy atom. The summed E-state index contributed by atoms with van der Waals surface area (Å²) in [5.41, 5.74) is 0. The van der Waals surface area contributed by atoms with Crippen LogP contribution in [0.5, 0.6) is 0 Å². The first-order valence-electron chi connectivity index (χ1n) is 6.26. The van der Waals surface area contributed by atoms with Gasteiger partial charge in [0.1, 0.15) is 0 Å². The minimum absolute atomic E-state index is 1.01. The highest BCUT2D eigenvalue weighted by molar-refractivity contribution is 4.54. The first-order valence-corrected chi connectivity index (χ1v) is 6.26. The molecule has 0 atom stereocenters. The van der Waals surface area contributed by atoms with Crippen LogP contribution in [0.3, 0.4) is 0 Å². The van der Waals surface area contributed by atoms with Crippen molar-refractivity contribution in [3.63, 3.8) is 0 Å². The summed E-state index contributed by atoms with van der Waals surface area (Å²) in [5.74, 6) is 1.01. The molecular weight excluding hydrogens is 168 g/mol. The second kappa shape index (κ2) is 23.0. The molecule has 0 nitrogen and oxygen atoms in total. The Balaban J connectivity index is -0.000000205. The fourth-order valence-electron chi connectivity index (χ4n) is 1.37. The largest absolute Gasteiger partial charge is 0.106 e. The predicted molar refractivity (Wildman–Crippen MR) is 70.8 cm³/mol. The smallest absolute Gasteiger partial charge is 0.0417 e. The lowest BCUT2D eigenvalue weighted by molar-refractivity contribution is 0.427. The summed E-state index contributed by atoms with van der Waals surface area (Å²) < 4.78 is 0. The van der Waals surface area contributed by atoms with E-state index in [4.69, 9.17) is 0 Å². The maximum atomic E-state index is 3.00. The van der Waals surface area contributed by atoms with Gasteiger partial charge >= 0.3 is 0 Å². The summed E-state index contributed by atoms with van der Waals surface area (Å²) >= 11 is 0. The summed E-state index contributed by atoms with van der Waals surface area (Å²) in [4.78, 5) is 0. The lowest BCUT2D eigenvalue weighted by atomic mass is 9.96. The van der Waals surface area contributed by atoms with Gasteiger partial charge in [-0.15, -0.1) is 13.2 Å². The Morgan fingerprint density at radius 3 is 1.21 bits per heavy atom. The van der Waals surface area contributed by atoms with Crippen LogP contribution in [0.15, 0.2) is 13.2 Å². The summed E-state index contributed by atoms with van der Waals surface area (Å²) in [7, 11) is 0. The molecule has 0 fully saturated rings. The summed E-state index contributed by atoms with van der Waals surface area (Å²) in [5, 5.41) is 0. The van der Waals surface area contributed by atoms with Crippen molar-refractivity contribution in [2.24, 2.45) is 5.92 Å². The minimum Gasteiger partial charge on any atom is -0.106 e. The Labute approximate surface area is 92.8 Å². The van der Waals surface area contributed by atoms with E-state index in [1.54, 1.807) is 0 Å². The molecule has 0 spiro atoms. The molecule has 14 heavy (non-hydrogen) atoms. The van der Waals surface area contributed by atoms with Crippen molar-refractivity contribution in [2.45, 2.75) is 73.1 Å². The maximum Gasteiger partial charge on any atom is -0.0417 e. The monoisotopic (exact) mass is 200 g/mol. The van der Waals surface area contributed by atoms with Gasteiger partial charge in [0.25, 0.3) is 0 Å². The van der Waals surface area contributed by atoms with Gasteiger partial charge in [-0.1, -0.05) is 73.1 Å². The van der Waals surface area contributed by atoms with Gasteiger partial charge in [-0.25, -0.2) is 0 Å². The van der Waals surface area contributed by atoms with E-state index >= 15 is 0 Å². The van der Waals surface area contributed by atoms with E-state index in [1.807, 2.05) is 0 Å². The molecule has 0 rings (SSSR count). The fourth-order valence-corrected chi connectivity index (χ4v) is 1.37. The Hall–Kier alpha value is -0.260. The summed E-state index contributed by atoms with van der Waals surface area (Å²) in [6.45, 7) is 17.1. The van der Waals surface area contributed by atoms with E-state index in [-0.39, 0.29) is 0 Å². The van der Waals surface area contributed by atoms with E-state index in [0.717, 1.165) is 5.92 Å². The van der Waals surface area contributed by atoms with Crippen LogP contribution in [-0.2, 0) is 0 Å². The van der Waals surface area contributed by atoms with Crippen LogP contribution in [0.25, 0.3) is 0 Å². The number of hydrogen-bond donors (Lipinski definition) is 0. The van der Waals surface area contributed by atoms with Crippen LogP contribution in [0, 0.1) is 5.92 Å². The summed E-state index contributed by atoms with van der Waals surface area (Å²) in [6.07, 6.45) is 8.22. The second-order valence-electron chi connectivity index (χ2n) is 3.56. The molecule has 0 heterocycles. The molecule has 0 N–H and O–H groups in total. The summed E-state index contributed by atoms with van der Waals surface area (Å²) in [6, 6.07) is 0. The van der Waals surface area contributed by atoms with Crippen LogP contribution in [0.4, 0.5) is 0 Å². The third-order valence-electron chi connectivity index (χ3n) is 1.97. The molecule has 0 aromatic rings. The quantitative estimate of drug-likeness (QED) is 0.490. The molecule has 0 aromatic carbocycles. The van der Waals surface area contributed by atoms with Crippen molar-refractivity contribution in [2.75, 3.05) is 0 Å². The molecule has 0 amide bonds. The topological polar surface area (TPSA) is 0 Å². The molecule has 88 valence electrons. The molecule has 0 unspecified atom stereocenters. The van der Waals surface area contributed by atoms with E-state index in [1.165, 1.54) is 38.5 Å². The zero-order chi connectivity index (χ0) is 11.8. The van der Waals surface area contributed by atoms with E-state index in [9.17, 15) is 0 Å². The van der Waals surface area contributed by atoms with Crippen molar-refractivity contribution in [3.8, 4) is 0 Å². The van der Waals surface area contributed by atoms with Gasteiger partial charge < -0.3 is 0 Å². The molecule has 0 aliphatic carbocycles. The number of hydrogen-bond acceptors (Lipinski definition) is 0. The van der Waals surface area contributed by atoms with Gasteiger partial charge in [0.15, 0.2) is 0 Å². The molecule has 0 aliphatic rings. The highest BCUT2D eigenvalue weighted by Gasteiger charge is 2.01. The molecule has 0 aliphatic heterocycles. The van der Waals surface area contributed by atoms with Gasteiger partial charge in [0.2, 0.25) is 0 Å². The van der Waals surface area contributed by atoms with E-state index in [0.29, 0.717) is 0 Å². The van der Waals surface area contributed by atoms with Crippen LogP contribution >= 0.6 is 0 Å². The first-order chi connectivity index (χ1) is 6.76. The average Bonchev–Trinajstić information content (AvgIpc) is 2.22. The van der Waals surface area contributed by atoms with Crippen LogP contribution in [0.2, 0.25) is 0 Å². The van der Waals surface area contributed by atoms with Gasteiger partial charge in [-0.05, 0) is 5.92 Å². The molecule has 0 aromatic heterocycles. The molecular formula is C14H32. The van der Waals surface area contributed by atoms with Crippen molar-refractivity contribution in [3.05, 3.63) is 13.2 Å². The van der Waals surface area contributed by atoms with Crippen LogP contribution in [-0.4, -0.2) is 0 Å². The van der Waals surface area contributed by atoms with Crippen molar-refractivity contribution in [1.29, 1.82) is 0 Å². The third-order valence-corrected chi connectivity index (χ3v) is 1.97. The zero-order valence-corrected chi connectivity index (χ0v) is 11.2. The average molecular weight is 200 g/mol. The van der Waals surface area contributed by atoms with Gasteiger partial charge in [0, 0.05) is 0 Å². The maximum absolute atomic E-state index is 3.00. The fraction of sp³-hybridized carbons (Fsp3) is 0.857. The Kier molecular flexibility index (Phi) is 31.7.